The number of ketones is 2. The van der Waals surface area contributed by atoms with Crippen LogP contribution in [0.4, 0.5) is 0 Å². The summed E-state index contributed by atoms with van der Waals surface area (Å²) < 4.78 is 5.52. The summed E-state index contributed by atoms with van der Waals surface area (Å²) in [5.41, 5.74) is 2.39. The topological polar surface area (TPSA) is 60.4 Å². The molecule has 4 aliphatic carbocycles. The van der Waals surface area contributed by atoms with Crippen LogP contribution in [0, 0.1) is 35.0 Å². The Bertz CT molecular complexity index is 760. The molecule has 0 saturated heterocycles. The quantitative estimate of drug-likeness (QED) is 0.688. The molecule has 4 nitrogen and oxygen atoms in total. The first kappa shape index (κ1) is 18.6. The lowest BCUT2D eigenvalue weighted by molar-refractivity contribution is -0.150. The van der Waals surface area contributed by atoms with Gasteiger partial charge < -0.3 is 4.74 Å². The van der Waals surface area contributed by atoms with Crippen molar-refractivity contribution in [3.63, 3.8) is 0 Å². The molecule has 0 bridgehead atoms. The van der Waals surface area contributed by atoms with Gasteiger partial charge in [0, 0.05) is 30.6 Å². The number of fused-ring (bicyclic) bond motifs is 5. The Balaban J connectivity index is 1.68. The van der Waals surface area contributed by atoms with Crippen molar-refractivity contribution in [3.8, 4) is 0 Å². The van der Waals surface area contributed by atoms with Gasteiger partial charge in [-0.3, -0.25) is 14.4 Å². The Morgan fingerprint density at radius 2 is 1.96 bits per heavy atom. The first-order chi connectivity index (χ1) is 12.7. The second-order valence-corrected chi connectivity index (χ2v) is 9.32. The molecule has 0 aliphatic heterocycles. The standard InChI is InChI=1S/C23H30O4/c1-12-9-16(25)10-15-5-6-17-20(23(12,15)4)8-7-18-21(26)11-19(22(17)18)13(2)27-14(3)24/h9-10,13,17-20,22H,5-8,11H2,1-4H3/t13?,17?,18?,19-,20?,22?,23?/m1/s1. The molecule has 0 radical (unpaired) electrons. The summed E-state index contributed by atoms with van der Waals surface area (Å²) in [5.74, 6) is 1.67. The van der Waals surface area contributed by atoms with Gasteiger partial charge in [-0.05, 0) is 69.4 Å². The monoisotopic (exact) mass is 370 g/mol. The first-order valence-corrected chi connectivity index (χ1v) is 10.4. The SMILES string of the molecule is CC(=O)OC(C)[C@H]1CC(=O)C2CCC3C(CCC4=CC(=O)C=C(C)C43C)C21. The third-order valence-corrected chi connectivity index (χ3v) is 8.21. The van der Waals surface area contributed by atoms with Crippen molar-refractivity contribution in [2.45, 2.75) is 65.9 Å². The molecule has 4 aliphatic rings. The van der Waals surface area contributed by atoms with Crippen LogP contribution >= 0.6 is 0 Å². The van der Waals surface area contributed by atoms with Crippen molar-refractivity contribution in [2.24, 2.45) is 35.0 Å². The van der Waals surface area contributed by atoms with Crippen LogP contribution in [0.1, 0.15) is 59.8 Å². The number of Topliss-reactive ketones (excluding diaryl/α,β-unsaturated/α-hetero) is 1. The summed E-state index contributed by atoms with van der Waals surface area (Å²) in [5, 5.41) is 0. The lowest BCUT2D eigenvalue weighted by Gasteiger charge is -2.55. The molecule has 0 N–H and O–H groups in total. The molecule has 3 fully saturated rings. The van der Waals surface area contributed by atoms with Gasteiger partial charge in [0.2, 0.25) is 0 Å². The van der Waals surface area contributed by atoms with Gasteiger partial charge in [-0.15, -0.1) is 0 Å². The van der Waals surface area contributed by atoms with Crippen LogP contribution in [0.25, 0.3) is 0 Å². The minimum absolute atomic E-state index is 0.0668. The minimum atomic E-state index is -0.267. The van der Waals surface area contributed by atoms with E-state index in [4.69, 9.17) is 4.74 Å². The van der Waals surface area contributed by atoms with Gasteiger partial charge in [-0.2, -0.15) is 0 Å². The number of carbonyl (C=O) groups is 3. The van der Waals surface area contributed by atoms with Gasteiger partial charge in [-0.25, -0.2) is 0 Å². The molecule has 4 heteroatoms. The molecular weight excluding hydrogens is 340 g/mol. The van der Waals surface area contributed by atoms with E-state index in [9.17, 15) is 14.4 Å². The molecule has 0 aromatic rings. The largest absolute Gasteiger partial charge is 0.463 e. The Kier molecular flexibility index (Phi) is 4.44. The molecule has 0 aromatic carbocycles. The lowest BCUT2D eigenvalue weighted by atomic mass is 9.48. The van der Waals surface area contributed by atoms with Crippen molar-refractivity contribution in [3.05, 3.63) is 23.3 Å². The molecule has 0 spiro atoms. The van der Waals surface area contributed by atoms with Gasteiger partial charge in [0.15, 0.2) is 5.78 Å². The number of esters is 1. The fourth-order valence-corrected chi connectivity index (χ4v) is 6.95. The van der Waals surface area contributed by atoms with E-state index in [2.05, 4.69) is 13.8 Å². The van der Waals surface area contributed by atoms with Crippen LogP contribution in [0.15, 0.2) is 23.3 Å². The highest BCUT2D eigenvalue weighted by molar-refractivity contribution is 6.02. The number of ether oxygens (including phenoxy) is 1. The zero-order chi connectivity index (χ0) is 19.5. The normalized spacial score (nSPS) is 41.7. The van der Waals surface area contributed by atoms with Crippen molar-refractivity contribution < 1.29 is 19.1 Å². The molecule has 0 aromatic heterocycles. The third kappa shape index (κ3) is 2.75. The number of hydrogen-bond donors (Lipinski definition) is 0. The predicted molar refractivity (Wildman–Crippen MR) is 102 cm³/mol. The van der Waals surface area contributed by atoms with Crippen LogP contribution in [0.2, 0.25) is 0 Å². The van der Waals surface area contributed by atoms with Crippen LogP contribution < -0.4 is 0 Å². The summed E-state index contributed by atoms with van der Waals surface area (Å²) in [4.78, 5) is 36.3. The Morgan fingerprint density at radius 1 is 1.22 bits per heavy atom. The molecule has 0 heterocycles. The minimum Gasteiger partial charge on any atom is -0.463 e. The smallest absolute Gasteiger partial charge is 0.302 e. The molecule has 27 heavy (non-hydrogen) atoms. The van der Waals surface area contributed by atoms with E-state index in [1.807, 2.05) is 13.0 Å². The summed E-state index contributed by atoms with van der Waals surface area (Å²) in [6, 6.07) is 0. The van der Waals surface area contributed by atoms with E-state index in [0.717, 1.165) is 25.7 Å². The van der Waals surface area contributed by atoms with Crippen LogP contribution in [0.3, 0.4) is 0 Å². The number of allylic oxidation sites excluding steroid dienone is 4. The molecule has 3 saturated carbocycles. The average Bonchev–Trinajstić information content (AvgIpc) is 2.93. The average molecular weight is 370 g/mol. The maximum atomic E-state index is 12.7. The maximum absolute atomic E-state index is 12.7. The van der Waals surface area contributed by atoms with Crippen LogP contribution in [0.5, 0.6) is 0 Å². The van der Waals surface area contributed by atoms with Gasteiger partial charge >= 0.3 is 5.97 Å². The highest BCUT2D eigenvalue weighted by Gasteiger charge is 2.58. The summed E-state index contributed by atoms with van der Waals surface area (Å²) in [7, 11) is 0. The highest BCUT2D eigenvalue weighted by atomic mass is 16.5. The molecule has 6 unspecified atom stereocenters. The molecule has 4 rings (SSSR count). The highest BCUT2D eigenvalue weighted by Crippen LogP contribution is 2.63. The van der Waals surface area contributed by atoms with Gasteiger partial charge in [0.25, 0.3) is 0 Å². The van der Waals surface area contributed by atoms with Crippen LogP contribution in [-0.2, 0) is 19.1 Å². The second kappa shape index (κ2) is 6.42. The van der Waals surface area contributed by atoms with E-state index in [1.54, 1.807) is 6.08 Å². The van der Waals surface area contributed by atoms with Crippen molar-refractivity contribution in [1.82, 2.24) is 0 Å². The van der Waals surface area contributed by atoms with Gasteiger partial charge in [-0.1, -0.05) is 18.1 Å². The Hall–Kier alpha value is -1.71. The zero-order valence-electron chi connectivity index (χ0n) is 16.8. The zero-order valence-corrected chi connectivity index (χ0v) is 16.8. The number of rotatable bonds is 2. The van der Waals surface area contributed by atoms with Gasteiger partial charge in [0.05, 0.1) is 0 Å². The fraction of sp³-hybridized carbons (Fsp3) is 0.696. The van der Waals surface area contributed by atoms with E-state index >= 15 is 0 Å². The molecular formula is C23H30O4. The summed E-state index contributed by atoms with van der Waals surface area (Å²) >= 11 is 0. The summed E-state index contributed by atoms with van der Waals surface area (Å²) in [6.45, 7) is 7.79. The lowest BCUT2D eigenvalue weighted by Crippen LogP contribution is -2.49. The predicted octanol–water partition coefficient (Wildman–Crippen LogP) is 4.04. The van der Waals surface area contributed by atoms with E-state index in [-0.39, 0.29) is 35.1 Å². The first-order valence-electron chi connectivity index (χ1n) is 10.4. The maximum Gasteiger partial charge on any atom is 0.302 e. The van der Waals surface area contributed by atoms with Crippen LogP contribution in [-0.4, -0.2) is 23.6 Å². The third-order valence-electron chi connectivity index (χ3n) is 8.21. The summed E-state index contributed by atoms with van der Waals surface area (Å²) in [6.07, 6.45) is 7.92. The second-order valence-electron chi connectivity index (χ2n) is 9.32. The number of carbonyl (C=O) groups excluding carboxylic acids is 3. The fourth-order valence-electron chi connectivity index (χ4n) is 6.95. The van der Waals surface area contributed by atoms with Gasteiger partial charge in [0.1, 0.15) is 11.9 Å². The number of hydrogen-bond acceptors (Lipinski definition) is 4. The van der Waals surface area contributed by atoms with E-state index in [0.29, 0.717) is 30.0 Å². The van der Waals surface area contributed by atoms with Crippen molar-refractivity contribution >= 4 is 17.5 Å². The molecule has 146 valence electrons. The van der Waals surface area contributed by atoms with Crippen molar-refractivity contribution in [1.29, 1.82) is 0 Å². The Morgan fingerprint density at radius 3 is 2.67 bits per heavy atom. The molecule has 7 atom stereocenters. The van der Waals surface area contributed by atoms with E-state index < -0.39 is 0 Å². The molecule has 0 amide bonds. The Labute approximate surface area is 161 Å². The van der Waals surface area contributed by atoms with Crippen molar-refractivity contribution in [2.75, 3.05) is 0 Å². The van der Waals surface area contributed by atoms with E-state index in [1.165, 1.54) is 18.1 Å².